The van der Waals surface area contributed by atoms with Crippen LogP contribution in [0.2, 0.25) is 0 Å². The molecule has 0 spiro atoms. The highest BCUT2D eigenvalue weighted by Crippen LogP contribution is 2.33. The van der Waals surface area contributed by atoms with Gasteiger partial charge in [0, 0.05) is 30.9 Å². The Hall–Kier alpha value is -4.92. The Kier molecular flexibility index (Phi) is 8.73. The summed E-state index contributed by atoms with van der Waals surface area (Å²) in [6.07, 6.45) is 5.27. The summed E-state index contributed by atoms with van der Waals surface area (Å²) >= 11 is 0. The lowest BCUT2D eigenvalue weighted by Crippen LogP contribution is -2.28. The van der Waals surface area contributed by atoms with E-state index in [0.29, 0.717) is 41.3 Å². The number of pyridine rings is 1. The average molecular weight is 525 g/mol. The molecule has 0 saturated carbocycles. The van der Waals surface area contributed by atoms with Gasteiger partial charge >= 0.3 is 6.03 Å². The van der Waals surface area contributed by atoms with E-state index in [2.05, 4.69) is 30.9 Å². The number of nitrogens with zero attached hydrogens (tertiary/aromatic N) is 2. The monoisotopic (exact) mass is 524 g/mol. The summed E-state index contributed by atoms with van der Waals surface area (Å²) < 4.78 is 5.39. The van der Waals surface area contributed by atoms with E-state index in [9.17, 15) is 9.59 Å². The molecule has 39 heavy (non-hydrogen) atoms. The first-order valence-corrected chi connectivity index (χ1v) is 12.7. The van der Waals surface area contributed by atoms with Gasteiger partial charge in [0.25, 0.3) is 0 Å². The predicted octanol–water partition coefficient (Wildman–Crippen LogP) is 5.40. The molecule has 4 aromatic rings. The van der Waals surface area contributed by atoms with Crippen molar-refractivity contribution in [3.8, 4) is 17.0 Å². The smallest absolute Gasteiger partial charge is 0.321 e. The summed E-state index contributed by atoms with van der Waals surface area (Å²) in [6, 6.07) is 16.9. The number of aromatic amines is 1. The Labute approximate surface area is 227 Å². The molecule has 0 bridgehead atoms. The Morgan fingerprint density at radius 2 is 1.79 bits per heavy atom. The summed E-state index contributed by atoms with van der Waals surface area (Å²) in [5, 5.41) is 8.28. The van der Waals surface area contributed by atoms with E-state index < -0.39 is 0 Å². The number of benzene rings is 2. The maximum Gasteiger partial charge on any atom is 0.321 e. The highest BCUT2D eigenvalue weighted by atomic mass is 16.5. The second kappa shape index (κ2) is 12.6. The van der Waals surface area contributed by atoms with Gasteiger partial charge in [0.05, 0.1) is 23.8 Å². The minimum absolute atomic E-state index is 0.204. The van der Waals surface area contributed by atoms with E-state index in [1.54, 1.807) is 19.4 Å². The van der Waals surface area contributed by atoms with Gasteiger partial charge in [-0.15, -0.1) is 0 Å². The third-order valence-corrected chi connectivity index (χ3v) is 5.96. The number of carbonyl (C=O) groups excluding carboxylic acids is 2. The van der Waals surface area contributed by atoms with Crippen molar-refractivity contribution in [2.75, 3.05) is 25.5 Å². The fraction of sp³-hybridized carbons (Fsp3) is 0.200. The molecule has 3 amide bonds. The summed E-state index contributed by atoms with van der Waals surface area (Å²) in [4.78, 5) is 37.2. The van der Waals surface area contributed by atoms with Crippen LogP contribution in [0.4, 0.5) is 10.7 Å². The number of aromatic nitrogens is 3. The van der Waals surface area contributed by atoms with Crippen LogP contribution in [-0.2, 0) is 4.79 Å². The summed E-state index contributed by atoms with van der Waals surface area (Å²) in [6.45, 7) is 6.70. The summed E-state index contributed by atoms with van der Waals surface area (Å²) in [5.74, 6) is 0.852. The van der Waals surface area contributed by atoms with E-state index in [1.807, 2.05) is 81.4 Å². The predicted molar refractivity (Wildman–Crippen MR) is 155 cm³/mol. The van der Waals surface area contributed by atoms with Crippen LogP contribution >= 0.6 is 0 Å². The van der Waals surface area contributed by atoms with Crippen LogP contribution in [0.25, 0.3) is 33.4 Å². The molecule has 0 radical (unpaired) electrons. The van der Waals surface area contributed by atoms with Crippen molar-refractivity contribution in [2.45, 2.75) is 20.8 Å². The number of imidazole rings is 1. The van der Waals surface area contributed by atoms with Crippen molar-refractivity contribution in [1.29, 1.82) is 0 Å². The first kappa shape index (κ1) is 27.1. The number of ether oxygens (including phenoxy) is 1. The van der Waals surface area contributed by atoms with Crippen molar-refractivity contribution >= 4 is 40.1 Å². The SMILES string of the molecule is CCNC(=O)/C=C(\C=C(C)c1cccc(OC)c1)c1cc(-c2ccccn2)c2nc(NC(=O)NCC)[nH]c2c1. The van der Waals surface area contributed by atoms with Gasteiger partial charge < -0.3 is 20.4 Å². The molecule has 2 heterocycles. The molecule has 0 atom stereocenters. The third-order valence-electron chi connectivity index (χ3n) is 5.96. The normalized spacial score (nSPS) is 11.8. The van der Waals surface area contributed by atoms with Gasteiger partial charge in [-0.2, -0.15) is 0 Å². The van der Waals surface area contributed by atoms with Crippen LogP contribution in [0.1, 0.15) is 31.9 Å². The maximum atomic E-state index is 12.7. The Morgan fingerprint density at radius 3 is 2.51 bits per heavy atom. The van der Waals surface area contributed by atoms with Crippen molar-refractivity contribution in [1.82, 2.24) is 25.6 Å². The van der Waals surface area contributed by atoms with Crippen LogP contribution in [0, 0.1) is 0 Å². The number of methoxy groups -OCH3 is 1. The fourth-order valence-electron chi connectivity index (χ4n) is 4.13. The zero-order valence-electron chi connectivity index (χ0n) is 22.5. The number of amides is 3. The number of anilines is 1. The lowest BCUT2D eigenvalue weighted by atomic mass is 9.96. The number of carbonyl (C=O) groups is 2. The molecule has 9 nitrogen and oxygen atoms in total. The van der Waals surface area contributed by atoms with E-state index in [4.69, 9.17) is 4.74 Å². The van der Waals surface area contributed by atoms with E-state index in [-0.39, 0.29) is 11.9 Å². The highest BCUT2D eigenvalue weighted by molar-refractivity contribution is 6.03. The molecule has 9 heteroatoms. The van der Waals surface area contributed by atoms with Crippen molar-refractivity contribution in [3.05, 3.63) is 84.1 Å². The second-order valence-corrected chi connectivity index (χ2v) is 8.76. The number of hydrogen-bond acceptors (Lipinski definition) is 5. The first-order valence-electron chi connectivity index (χ1n) is 12.7. The number of H-pyrrole nitrogens is 1. The number of likely N-dealkylation sites (N-methyl/N-ethyl adjacent to an activating group) is 1. The van der Waals surface area contributed by atoms with Crippen LogP contribution in [0.3, 0.4) is 0 Å². The lowest BCUT2D eigenvalue weighted by molar-refractivity contribution is -0.116. The van der Waals surface area contributed by atoms with Gasteiger partial charge in [-0.05, 0) is 79.4 Å². The molecule has 0 aliphatic heterocycles. The van der Waals surface area contributed by atoms with Crippen LogP contribution < -0.4 is 20.7 Å². The number of rotatable bonds is 9. The average Bonchev–Trinajstić information content (AvgIpc) is 3.35. The molecule has 4 rings (SSSR count). The van der Waals surface area contributed by atoms with Gasteiger partial charge in [-0.1, -0.05) is 24.3 Å². The number of allylic oxidation sites excluding steroid dienone is 3. The Bertz CT molecular complexity index is 1540. The van der Waals surface area contributed by atoms with E-state index >= 15 is 0 Å². The third kappa shape index (κ3) is 6.70. The molecule has 4 N–H and O–H groups in total. The second-order valence-electron chi connectivity index (χ2n) is 8.76. The van der Waals surface area contributed by atoms with Crippen molar-refractivity contribution < 1.29 is 14.3 Å². The van der Waals surface area contributed by atoms with E-state index in [0.717, 1.165) is 28.0 Å². The number of hydrogen-bond donors (Lipinski definition) is 4. The Balaban J connectivity index is 1.88. The molecule has 0 saturated heterocycles. The number of urea groups is 1. The number of nitrogens with one attached hydrogen (secondary N) is 4. The molecular formula is C30H32N6O3. The standard InChI is InChI=1S/C30H32N6O3/c1-5-31-27(37)18-21(14-19(3)20-10-9-11-23(15-20)39-4)22-16-24(25-12-7-8-13-33-25)28-26(17-22)34-29(35-28)36-30(38)32-6-2/h7-18H,5-6H2,1-4H3,(H,31,37)(H3,32,34,35,36,38)/b19-14?,21-18+. The van der Waals surface area contributed by atoms with Crippen LogP contribution in [0.15, 0.2) is 72.9 Å². The topological polar surface area (TPSA) is 121 Å². The molecule has 200 valence electrons. The quantitative estimate of drug-likeness (QED) is 0.173. The van der Waals surface area contributed by atoms with Gasteiger partial charge in [-0.25, -0.2) is 9.78 Å². The molecule has 0 aliphatic carbocycles. The summed E-state index contributed by atoms with van der Waals surface area (Å²) in [5.41, 5.74) is 6.22. The van der Waals surface area contributed by atoms with Crippen LogP contribution in [0.5, 0.6) is 5.75 Å². The minimum atomic E-state index is -0.357. The molecule has 2 aromatic carbocycles. The van der Waals surface area contributed by atoms with Gasteiger partial charge in [-0.3, -0.25) is 15.1 Å². The fourth-order valence-corrected chi connectivity index (χ4v) is 4.13. The molecular weight excluding hydrogens is 492 g/mol. The molecule has 0 fully saturated rings. The maximum absolute atomic E-state index is 12.7. The summed E-state index contributed by atoms with van der Waals surface area (Å²) in [7, 11) is 1.63. The van der Waals surface area contributed by atoms with Gasteiger partial charge in [0.2, 0.25) is 11.9 Å². The first-order chi connectivity index (χ1) is 18.9. The highest BCUT2D eigenvalue weighted by Gasteiger charge is 2.16. The minimum Gasteiger partial charge on any atom is -0.497 e. The molecule has 2 aromatic heterocycles. The largest absolute Gasteiger partial charge is 0.497 e. The lowest BCUT2D eigenvalue weighted by Gasteiger charge is -2.11. The van der Waals surface area contributed by atoms with E-state index in [1.165, 1.54) is 0 Å². The van der Waals surface area contributed by atoms with Crippen molar-refractivity contribution in [3.63, 3.8) is 0 Å². The Morgan fingerprint density at radius 1 is 0.974 bits per heavy atom. The molecule has 0 unspecified atom stereocenters. The zero-order chi connectivity index (χ0) is 27.8. The van der Waals surface area contributed by atoms with Crippen molar-refractivity contribution in [2.24, 2.45) is 0 Å². The van der Waals surface area contributed by atoms with Crippen LogP contribution in [-0.4, -0.2) is 47.1 Å². The van der Waals surface area contributed by atoms with Gasteiger partial charge in [0.1, 0.15) is 5.75 Å². The zero-order valence-corrected chi connectivity index (χ0v) is 22.5. The molecule has 0 aliphatic rings. The van der Waals surface area contributed by atoms with Gasteiger partial charge in [0.15, 0.2) is 0 Å². The number of fused-ring (bicyclic) bond motifs is 1.